The van der Waals surface area contributed by atoms with Gasteiger partial charge in [0, 0.05) is 17.8 Å². The molecular weight excluding hydrogens is 222 g/mol. The van der Waals surface area contributed by atoms with Gasteiger partial charge in [-0.3, -0.25) is 10.1 Å². The Morgan fingerprint density at radius 3 is 2.75 bits per heavy atom. The molecule has 0 bridgehead atoms. The Balaban J connectivity index is 2.68. The topological polar surface area (TPSA) is 75.4 Å². The van der Waals surface area contributed by atoms with Crippen LogP contribution in [0.3, 0.4) is 0 Å². The monoisotopic (exact) mass is 232 g/mol. The van der Waals surface area contributed by atoms with Gasteiger partial charge in [0.15, 0.2) is 0 Å². The standard InChI is InChI=1S/C9H10F2N2O3/c10-9(11,6-14)5-12-7-2-1-3-8(4-7)13(15)16/h1-4,12,14H,5-6H2. The number of anilines is 1. The molecule has 0 aromatic heterocycles. The number of hydrogen-bond acceptors (Lipinski definition) is 4. The molecule has 16 heavy (non-hydrogen) atoms. The third-order valence-electron chi connectivity index (χ3n) is 1.84. The number of hydrogen-bond donors (Lipinski definition) is 2. The van der Waals surface area contributed by atoms with E-state index < -0.39 is 24.0 Å². The summed E-state index contributed by atoms with van der Waals surface area (Å²) in [5.74, 6) is -3.25. The summed E-state index contributed by atoms with van der Waals surface area (Å²) >= 11 is 0. The minimum absolute atomic E-state index is 0.183. The van der Waals surface area contributed by atoms with Crippen molar-refractivity contribution in [2.24, 2.45) is 0 Å². The molecule has 7 heteroatoms. The van der Waals surface area contributed by atoms with E-state index in [2.05, 4.69) is 5.32 Å². The van der Waals surface area contributed by atoms with Crippen LogP contribution in [0.25, 0.3) is 0 Å². The first-order valence-corrected chi connectivity index (χ1v) is 4.41. The molecule has 0 aliphatic heterocycles. The number of aliphatic hydroxyl groups excluding tert-OH is 1. The van der Waals surface area contributed by atoms with Gasteiger partial charge in [-0.1, -0.05) is 6.07 Å². The maximum absolute atomic E-state index is 12.7. The Kier molecular flexibility index (Phi) is 3.73. The molecule has 0 atom stereocenters. The highest BCUT2D eigenvalue weighted by molar-refractivity contribution is 5.51. The van der Waals surface area contributed by atoms with E-state index in [1.54, 1.807) is 0 Å². The quantitative estimate of drug-likeness (QED) is 0.597. The molecule has 0 unspecified atom stereocenters. The number of aliphatic hydroxyl groups is 1. The summed E-state index contributed by atoms with van der Waals surface area (Å²) in [7, 11) is 0. The van der Waals surface area contributed by atoms with Crippen LogP contribution in [0.2, 0.25) is 0 Å². The van der Waals surface area contributed by atoms with Gasteiger partial charge in [0.1, 0.15) is 6.61 Å². The second kappa shape index (κ2) is 4.84. The van der Waals surface area contributed by atoms with Crippen molar-refractivity contribution in [3.63, 3.8) is 0 Å². The maximum Gasteiger partial charge on any atom is 0.287 e. The predicted octanol–water partition coefficient (Wildman–Crippen LogP) is 1.63. The number of benzene rings is 1. The Bertz CT molecular complexity index is 385. The number of halogens is 2. The second-order valence-corrected chi connectivity index (χ2v) is 3.18. The molecule has 1 aromatic carbocycles. The number of non-ortho nitro benzene ring substituents is 1. The van der Waals surface area contributed by atoms with E-state index in [0.717, 1.165) is 6.07 Å². The number of alkyl halides is 2. The molecule has 1 rings (SSSR count). The zero-order chi connectivity index (χ0) is 12.2. The summed E-state index contributed by atoms with van der Waals surface area (Å²) in [6, 6.07) is 5.22. The van der Waals surface area contributed by atoms with E-state index in [4.69, 9.17) is 5.11 Å². The smallest absolute Gasteiger partial charge is 0.287 e. The van der Waals surface area contributed by atoms with Crippen LogP contribution >= 0.6 is 0 Å². The summed E-state index contributed by atoms with van der Waals surface area (Å²) in [5.41, 5.74) is 0.0274. The molecule has 2 N–H and O–H groups in total. The first-order valence-electron chi connectivity index (χ1n) is 4.41. The molecule has 0 spiro atoms. The van der Waals surface area contributed by atoms with Crippen LogP contribution in [0.15, 0.2) is 24.3 Å². The number of nitro groups is 1. The summed E-state index contributed by atoms with van der Waals surface area (Å²) in [6.07, 6.45) is 0. The van der Waals surface area contributed by atoms with E-state index in [9.17, 15) is 18.9 Å². The van der Waals surface area contributed by atoms with Crippen molar-refractivity contribution in [2.45, 2.75) is 5.92 Å². The van der Waals surface area contributed by atoms with Gasteiger partial charge >= 0.3 is 0 Å². The molecule has 0 heterocycles. The lowest BCUT2D eigenvalue weighted by molar-refractivity contribution is -0.384. The summed E-state index contributed by atoms with van der Waals surface area (Å²) in [4.78, 5) is 9.78. The average Bonchev–Trinajstić information content (AvgIpc) is 2.27. The second-order valence-electron chi connectivity index (χ2n) is 3.18. The average molecular weight is 232 g/mol. The Morgan fingerprint density at radius 2 is 2.19 bits per heavy atom. The van der Waals surface area contributed by atoms with E-state index in [-0.39, 0.29) is 11.4 Å². The molecule has 88 valence electrons. The first kappa shape index (κ1) is 12.3. The van der Waals surface area contributed by atoms with Crippen LogP contribution in [0, 0.1) is 10.1 Å². The molecule has 0 amide bonds. The zero-order valence-corrected chi connectivity index (χ0v) is 8.19. The minimum atomic E-state index is -3.25. The van der Waals surface area contributed by atoms with Crippen LogP contribution in [0.4, 0.5) is 20.2 Å². The molecule has 0 saturated carbocycles. The maximum atomic E-state index is 12.7. The number of nitrogens with one attached hydrogen (secondary N) is 1. The van der Waals surface area contributed by atoms with Crippen molar-refractivity contribution in [2.75, 3.05) is 18.5 Å². The Labute approximate surface area is 89.9 Å². The lowest BCUT2D eigenvalue weighted by Crippen LogP contribution is -2.30. The van der Waals surface area contributed by atoms with Crippen molar-refractivity contribution in [3.8, 4) is 0 Å². The van der Waals surface area contributed by atoms with Gasteiger partial charge in [0.25, 0.3) is 11.6 Å². The van der Waals surface area contributed by atoms with Crippen LogP contribution in [0.5, 0.6) is 0 Å². The van der Waals surface area contributed by atoms with Gasteiger partial charge in [0.05, 0.1) is 11.5 Å². The van der Waals surface area contributed by atoms with Crippen LogP contribution < -0.4 is 5.32 Å². The highest BCUT2D eigenvalue weighted by Crippen LogP contribution is 2.19. The fourth-order valence-electron chi connectivity index (χ4n) is 1.02. The van der Waals surface area contributed by atoms with Crippen molar-refractivity contribution in [3.05, 3.63) is 34.4 Å². The lowest BCUT2D eigenvalue weighted by atomic mass is 10.2. The van der Waals surface area contributed by atoms with E-state index in [1.165, 1.54) is 18.2 Å². The first-order chi connectivity index (χ1) is 7.44. The Hall–Kier alpha value is -1.76. The SMILES string of the molecule is O=[N+]([O-])c1cccc(NCC(F)(F)CO)c1. The van der Waals surface area contributed by atoms with Gasteiger partial charge in [0.2, 0.25) is 0 Å². The summed E-state index contributed by atoms with van der Waals surface area (Å²) in [6.45, 7) is -2.04. The number of nitro benzene ring substituents is 1. The van der Waals surface area contributed by atoms with Crippen molar-refractivity contribution >= 4 is 11.4 Å². The van der Waals surface area contributed by atoms with E-state index in [1.807, 2.05) is 0 Å². The van der Waals surface area contributed by atoms with Gasteiger partial charge < -0.3 is 10.4 Å². The van der Waals surface area contributed by atoms with Crippen LogP contribution in [0.1, 0.15) is 0 Å². The minimum Gasteiger partial charge on any atom is -0.390 e. The number of rotatable bonds is 5. The van der Waals surface area contributed by atoms with Crippen LogP contribution in [-0.2, 0) is 0 Å². The van der Waals surface area contributed by atoms with Crippen molar-refractivity contribution < 1.29 is 18.8 Å². The van der Waals surface area contributed by atoms with E-state index in [0.29, 0.717) is 0 Å². The molecule has 0 aliphatic rings. The predicted molar refractivity (Wildman–Crippen MR) is 53.6 cm³/mol. The Morgan fingerprint density at radius 1 is 1.50 bits per heavy atom. The van der Waals surface area contributed by atoms with Gasteiger partial charge in [-0.2, -0.15) is 0 Å². The molecule has 0 saturated heterocycles. The highest BCUT2D eigenvalue weighted by atomic mass is 19.3. The van der Waals surface area contributed by atoms with Crippen molar-refractivity contribution in [1.82, 2.24) is 0 Å². The molecule has 0 radical (unpaired) electrons. The molecule has 0 fully saturated rings. The fraction of sp³-hybridized carbons (Fsp3) is 0.333. The molecule has 1 aromatic rings. The molecular formula is C9H10F2N2O3. The summed E-state index contributed by atoms with van der Waals surface area (Å²) < 4.78 is 25.3. The van der Waals surface area contributed by atoms with Gasteiger partial charge in [-0.25, -0.2) is 8.78 Å². The van der Waals surface area contributed by atoms with Crippen LogP contribution in [-0.4, -0.2) is 29.1 Å². The van der Waals surface area contributed by atoms with Gasteiger partial charge in [-0.15, -0.1) is 0 Å². The normalized spacial score (nSPS) is 11.2. The largest absolute Gasteiger partial charge is 0.390 e. The third-order valence-corrected chi connectivity index (χ3v) is 1.84. The molecule has 5 nitrogen and oxygen atoms in total. The van der Waals surface area contributed by atoms with Crippen molar-refractivity contribution in [1.29, 1.82) is 0 Å². The third kappa shape index (κ3) is 3.43. The number of nitrogens with zero attached hydrogens (tertiary/aromatic N) is 1. The zero-order valence-electron chi connectivity index (χ0n) is 8.19. The van der Waals surface area contributed by atoms with Gasteiger partial charge in [-0.05, 0) is 6.07 Å². The fourth-order valence-corrected chi connectivity index (χ4v) is 1.02. The van der Waals surface area contributed by atoms with E-state index >= 15 is 0 Å². The molecule has 0 aliphatic carbocycles. The summed E-state index contributed by atoms with van der Waals surface area (Å²) in [5, 5.41) is 21.0. The lowest BCUT2D eigenvalue weighted by Gasteiger charge is -2.14. The highest BCUT2D eigenvalue weighted by Gasteiger charge is 2.27.